The zero-order chi connectivity index (χ0) is 37.7. The van der Waals surface area contributed by atoms with Crippen molar-refractivity contribution in [3.63, 3.8) is 0 Å². The van der Waals surface area contributed by atoms with E-state index in [1.54, 1.807) is 30.3 Å². The summed E-state index contributed by atoms with van der Waals surface area (Å²) < 4.78 is 92.0. The van der Waals surface area contributed by atoms with Crippen LogP contribution in [0.5, 0.6) is 0 Å². The van der Waals surface area contributed by atoms with Crippen LogP contribution in [0.4, 0.5) is 0 Å². The number of fused-ring (bicyclic) bond motifs is 6. The maximum atomic E-state index is 8.76. The predicted molar refractivity (Wildman–Crippen MR) is 178 cm³/mol. The van der Waals surface area contributed by atoms with E-state index in [-0.39, 0.29) is 40.8 Å². The van der Waals surface area contributed by atoms with Crippen LogP contribution < -0.4 is 0 Å². The number of hydrogen-bond acceptors (Lipinski definition) is 4. The van der Waals surface area contributed by atoms with Crippen LogP contribution in [0, 0.1) is 0 Å². The zero-order valence-electron chi connectivity index (χ0n) is 32.8. The lowest BCUT2D eigenvalue weighted by Gasteiger charge is -2.11. The van der Waals surface area contributed by atoms with Crippen LogP contribution in [0.3, 0.4) is 0 Å². The summed E-state index contributed by atoms with van der Waals surface area (Å²) in [5.74, 6) is 0.125. The van der Waals surface area contributed by atoms with Crippen LogP contribution in [0.15, 0.2) is 150 Å². The summed E-state index contributed by atoms with van der Waals surface area (Å²) in [7, 11) is 0. The van der Waals surface area contributed by atoms with Crippen LogP contribution in [0.25, 0.3) is 83.6 Å². The van der Waals surface area contributed by atoms with Crippen molar-refractivity contribution >= 4 is 43.7 Å². The average Bonchev–Trinajstić information content (AvgIpc) is 3.73. The van der Waals surface area contributed by atoms with E-state index in [9.17, 15) is 0 Å². The second-order valence-corrected chi connectivity index (χ2v) is 10.1. The molecule has 5 heteroatoms. The fraction of sp³-hybridized carbons (Fsp3) is 0. The molecular formula is C39H24N4O. The first-order chi connectivity index (χ1) is 26.0. The Bertz CT molecular complexity index is 2970. The fourth-order valence-corrected chi connectivity index (χ4v) is 5.72. The van der Waals surface area contributed by atoms with E-state index in [2.05, 4.69) is 0 Å². The first kappa shape index (κ1) is 16.5. The third-order valence-corrected chi connectivity index (χ3v) is 7.66. The van der Waals surface area contributed by atoms with Crippen molar-refractivity contribution in [3.05, 3.63) is 145 Å². The number of furan rings is 1. The third kappa shape index (κ3) is 3.83. The second kappa shape index (κ2) is 9.75. The number of aromatic nitrogens is 4. The Labute approximate surface area is 266 Å². The molecule has 0 aliphatic rings. The molecule has 0 saturated carbocycles. The van der Waals surface area contributed by atoms with Gasteiger partial charge in [0.15, 0.2) is 11.6 Å². The lowest BCUT2D eigenvalue weighted by Crippen LogP contribution is -2.06. The highest BCUT2D eigenvalue weighted by Gasteiger charge is 2.20. The third-order valence-electron chi connectivity index (χ3n) is 7.66. The number of rotatable bonds is 4. The van der Waals surface area contributed by atoms with Crippen LogP contribution in [0.1, 0.15) is 13.7 Å². The first-order valence-electron chi connectivity index (χ1n) is 18.8. The maximum absolute atomic E-state index is 8.76. The minimum Gasteiger partial charge on any atom is -0.455 e. The summed E-state index contributed by atoms with van der Waals surface area (Å²) in [6, 6.07) is 21.4. The molecule has 0 saturated heterocycles. The largest absolute Gasteiger partial charge is 0.455 e. The highest BCUT2D eigenvalue weighted by molar-refractivity contribution is 6.10. The summed E-state index contributed by atoms with van der Waals surface area (Å²) in [6.07, 6.45) is 0. The topological polar surface area (TPSA) is 56.7 Å². The van der Waals surface area contributed by atoms with Crippen molar-refractivity contribution in [2.24, 2.45) is 0 Å². The lowest BCUT2D eigenvalue weighted by atomic mass is 10.0. The molecule has 44 heavy (non-hydrogen) atoms. The SMILES string of the molecule is [2H]c1c([2H])c([2H])c(-c2ccc3c(c2)oc2c(-c4nc(-c5c([2H])c([2H])c([2H])c([2H])c5[2H])nc(-n5c6ccccc6c6ccccc65)n4)cccc23)c([2H])c1[2H]. The summed E-state index contributed by atoms with van der Waals surface area (Å²) in [5, 5.41) is 3.24. The van der Waals surface area contributed by atoms with Gasteiger partial charge in [0.1, 0.15) is 11.2 Å². The molecule has 0 N–H and O–H groups in total. The van der Waals surface area contributed by atoms with E-state index >= 15 is 0 Å². The lowest BCUT2D eigenvalue weighted by molar-refractivity contribution is 0.669. The Morgan fingerprint density at radius 3 is 1.89 bits per heavy atom. The molecule has 9 aromatic rings. The van der Waals surface area contributed by atoms with Crippen LogP contribution in [-0.4, -0.2) is 19.5 Å². The Hall–Kier alpha value is -6.07. The maximum Gasteiger partial charge on any atom is 0.238 e. The smallest absolute Gasteiger partial charge is 0.238 e. The molecule has 5 nitrogen and oxygen atoms in total. The summed E-state index contributed by atoms with van der Waals surface area (Å²) in [4.78, 5) is 14.5. The molecule has 0 spiro atoms. The number of para-hydroxylation sites is 3. The molecule has 0 amide bonds. The van der Waals surface area contributed by atoms with Gasteiger partial charge in [-0.2, -0.15) is 9.97 Å². The van der Waals surface area contributed by atoms with E-state index in [4.69, 9.17) is 33.1 Å². The van der Waals surface area contributed by atoms with Crippen molar-refractivity contribution in [3.8, 4) is 39.9 Å². The predicted octanol–water partition coefficient (Wildman–Crippen LogP) is 9.87. The molecule has 0 atom stereocenters. The van der Waals surface area contributed by atoms with Gasteiger partial charge in [-0.3, -0.25) is 4.57 Å². The number of benzene rings is 6. The van der Waals surface area contributed by atoms with E-state index in [1.165, 1.54) is 0 Å². The van der Waals surface area contributed by atoms with Crippen molar-refractivity contribution < 1.29 is 18.1 Å². The second-order valence-electron chi connectivity index (χ2n) is 10.1. The summed E-state index contributed by atoms with van der Waals surface area (Å²) in [5.41, 5.74) is 2.96. The Morgan fingerprint density at radius 2 is 1.16 bits per heavy atom. The normalized spacial score (nSPS) is 14.8. The highest BCUT2D eigenvalue weighted by atomic mass is 16.3. The van der Waals surface area contributed by atoms with Crippen LogP contribution >= 0.6 is 0 Å². The molecule has 0 unspecified atom stereocenters. The molecule has 3 heterocycles. The Kier molecular flexibility index (Phi) is 3.66. The average molecular weight is 575 g/mol. The molecule has 0 fully saturated rings. The zero-order valence-corrected chi connectivity index (χ0v) is 22.8. The molecule has 0 aliphatic heterocycles. The standard InChI is InChI=1S/C39H24N4O/c1-3-12-25(13-4-1)27-22-23-30-31-18-11-19-32(36(31)44-35(30)24-27)38-40-37(26-14-5-2-6-15-26)41-39(42-38)43-33-20-9-7-16-28(33)29-17-8-10-21-34(29)43/h1-24H/i1D,2D,3D,4D,5D,6D,12D,13D,14D,15D. The minimum atomic E-state index is -0.541. The van der Waals surface area contributed by atoms with Gasteiger partial charge in [-0.25, -0.2) is 4.98 Å². The molecule has 0 aliphatic carbocycles. The molecule has 0 radical (unpaired) electrons. The summed E-state index contributed by atoms with van der Waals surface area (Å²) in [6.45, 7) is 0. The van der Waals surface area contributed by atoms with E-state index in [1.807, 2.05) is 59.2 Å². The van der Waals surface area contributed by atoms with E-state index in [0.29, 0.717) is 33.1 Å². The van der Waals surface area contributed by atoms with E-state index in [0.717, 1.165) is 21.8 Å². The molecule has 6 aromatic carbocycles. The molecule has 3 aromatic heterocycles. The Morgan fingerprint density at radius 1 is 0.523 bits per heavy atom. The first-order valence-corrected chi connectivity index (χ1v) is 13.8. The molecule has 0 bridgehead atoms. The van der Waals surface area contributed by atoms with Gasteiger partial charge in [-0.1, -0.05) is 115 Å². The Balaban J connectivity index is 1.33. The number of nitrogens with zero attached hydrogens (tertiary/aromatic N) is 4. The van der Waals surface area contributed by atoms with Gasteiger partial charge in [0.2, 0.25) is 5.95 Å². The van der Waals surface area contributed by atoms with Gasteiger partial charge in [0.25, 0.3) is 0 Å². The van der Waals surface area contributed by atoms with Crippen molar-refractivity contribution in [1.29, 1.82) is 0 Å². The van der Waals surface area contributed by atoms with Gasteiger partial charge in [-0.05, 0) is 41.5 Å². The van der Waals surface area contributed by atoms with Gasteiger partial charge in [0, 0.05) is 27.1 Å². The highest BCUT2D eigenvalue weighted by Crippen LogP contribution is 2.38. The minimum absolute atomic E-state index is 0.0418. The monoisotopic (exact) mass is 574 g/mol. The molecule has 9 rings (SSSR count). The fourth-order valence-electron chi connectivity index (χ4n) is 5.72. The summed E-state index contributed by atoms with van der Waals surface area (Å²) >= 11 is 0. The quantitative estimate of drug-likeness (QED) is 0.210. The van der Waals surface area contributed by atoms with Gasteiger partial charge in [0.05, 0.1) is 30.3 Å². The van der Waals surface area contributed by atoms with Crippen molar-refractivity contribution in [2.75, 3.05) is 0 Å². The van der Waals surface area contributed by atoms with Crippen LogP contribution in [0.2, 0.25) is 0 Å². The van der Waals surface area contributed by atoms with E-state index < -0.39 is 48.3 Å². The van der Waals surface area contributed by atoms with Crippen molar-refractivity contribution in [1.82, 2.24) is 19.5 Å². The molecular weight excluding hydrogens is 540 g/mol. The van der Waals surface area contributed by atoms with Gasteiger partial charge < -0.3 is 4.42 Å². The van der Waals surface area contributed by atoms with Crippen LogP contribution in [-0.2, 0) is 0 Å². The van der Waals surface area contributed by atoms with Gasteiger partial charge >= 0.3 is 0 Å². The number of hydrogen-bond donors (Lipinski definition) is 0. The van der Waals surface area contributed by atoms with Crippen molar-refractivity contribution in [2.45, 2.75) is 0 Å². The molecule has 206 valence electrons. The van der Waals surface area contributed by atoms with Gasteiger partial charge in [-0.15, -0.1) is 0 Å².